The van der Waals surface area contributed by atoms with E-state index in [1.807, 2.05) is 29.3 Å². The van der Waals surface area contributed by atoms with Crippen LogP contribution in [-0.4, -0.2) is 65.2 Å². The normalized spacial score (nSPS) is 28.6. The Labute approximate surface area is 144 Å². The number of carbonyl (C=O) groups is 1. The highest BCUT2D eigenvalue weighted by Gasteiger charge is 2.28. The molecule has 1 aromatic rings. The second-order valence-corrected chi connectivity index (χ2v) is 6.96. The first-order chi connectivity index (χ1) is 11.6. The summed E-state index contributed by atoms with van der Waals surface area (Å²) >= 11 is 0. The lowest BCUT2D eigenvalue weighted by Gasteiger charge is -2.37. The van der Waals surface area contributed by atoms with Crippen LogP contribution in [0.15, 0.2) is 24.4 Å². The minimum Gasteiger partial charge on any atom is -0.375 e. The number of ether oxygens (including phenoxy) is 1. The lowest BCUT2D eigenvalue weighted by Crippen LogP contribution is -2.54. The zero-order valence-electron chi connectivity index (χ0n) is 14.6. The molecule has 0 saturated carbocycles. The number of pyridine rings is 1. The van der Waals surface area contributed by atoms with Crippen molar-refractivity contribution in [2.45, 2.75) is 51.5 Å². The van der Waals surface area contributed by atoms with Gasteiger partial charge in [0.2, 0.25) is 0 Å². The van der Waals surface area contributed by atoms with Crippen molar-refractivity contribution in [2.24, 2.45) is 0 Å². The molecule has 2 atom stereocenters. The highest BCUT2D eigenvalue weighted by atomic mass is 16.5. The van der Waals surface area contributed by atoms with Crippen LogP contribution >= 0.6 is 0 Å². The van der Waals surface area contributed by atoms with Gasteiger partial charge in [0.1, 0.15) is 0 Å². The summed E-state index contributed by atoms with van der Waals surface area (Å²) in [5.41, 5.74) is 1.08. The standard InChI is InChI=1S/C18H28N4O2/c1-14-11-17(12-15(2)24-14)20-18(23)22-9-7-21(8-10-22)13-16-5-3-4-6-19-16/h3-6,14-15,17H,7-13H2,1-2H3,(H,20,23). The summed E-state index contributed by atoms with van der Waals surface area (Å²) in [6.45, 7) is 8.33. The van der Waals surface area contributed by atoms with Crippen LogP contribution in [0.4, 0.5) is 4.79 Å². The van der Waals surface area contributed by atoms with Gasteiger partial charge in [-0.3, -0.25) is 9.88 Å². The number of rotatable bonds is 3. The zero-order valence-corrected chi connectivity index (χ0v) is 14.6. The quantitative estimate of drug-likeness (QED) is 0.918. The largest absolute Gasteiger partial charge is 0.375 e. The van der Waals surface area contributed by atoms with E-state index in [0.717, 1.165) is 51.3 Å². The number of carbonyl (C=O) groups excluding carboxylic acids is 1. The Morgan fingerprint density at radius 2 is 1.92 bits per heavy atom. The topological polar surface area (TPSA) is 57.7 Å². The lowest BCUT2D eigenvalue weighted by atomic mass is 10.00. The molecule has 2 saturated heterocycles. The summed E-state index contributed by atoms with van der Waals surface area (Å²) in [5.74, 6) is 0. The van der Waals surface area contributed by atoms with Crippen LogP contribution in [-0.2, 0) is 11.3 Å². The third-order valence-corrected chi connectivity index (χ3v) is 4.80. The van der Waals surface area contributed by atoms with Crippen LogP contribution in [0.1, 0.15) is 32.4 Å². The Hall–Kier alpha value is -1.66. The molecule has 0 bridgehead atoms. The van der Waals surface area contributed by atoms with Crippen LogP contribution in [0, 0.1) is 0 Å². The monoisotopic (exact) mass is 332 g/mol. The molecule has 1 aromatic heterocycles. The molecule has 2 aliphatic heterocycles. The maximum atomic E-state index is 12.5. The summed E-state index contributed by atoms with van der Waals surface area (Å²) in [6.07, 6.45) is 4.06. The molecule has 2 fully saturated rings. The van der Waals surface area contributed by atoms with E-state index in [9.17, 15) is 4.79 Å². The summed E-state index contributed by atoms with van der Waals surface area (Å²) in [7, 11) is 0. The van der Waals surface area contributed by atoms with Gasteiger partial charge in [0.25, 0.3) is 0 Å². The smallest absolute Gasteiger partial charge is 0.317 e. The Bertz CT molecular complexity index is 521. The maximum Gasteiger partial charge on any atom is 0.317 e. The molecule has 3 rings (SSSR count). The van der Waals surface area contributed by atoms with Crippen molar-refractivity contribution < 1.29 is 9.53 Å². The first-order valence-electron chi connectivity index (χ1n) is 8.93. The van der Waals surface area contributed by atoms with Crippen LogP contribution in [0.2, 0.25) is 0 Å². The van der Waals surface area contributed by atoms with Crippen LogP contribution in [0.25, 0.3) is 0 Å². The number of nitrogens with one attached hydrogen (secondary N) is 1. The number of amides is 2. The number of nitrogens with zero attached hydrogens (tertiary/aromatic N) is 3. The van der Waals surface area contributed by atoms with Crippen LogP contribution < -0.4 is 5.32 Å². The summed E-state index contributed by atoms with van der Waals surface area (Å²) in [5, 5.41) is 3.19. The van der Waals surface area contributed by atoms with Crippen LogP contribution in [0.5, 0.6) is 0 Å². The predicted octanol–water partition coefficient (Wildman–Crippen LogP) is 1.86. The van der Waals surface area contributed by atoms with Gasteiger partial charge in [0.05, 0.1) is 17.9 Å². The second-order valence-electron chi connectivity index (χ2n) is 6.96. The minimum atomic E-state index is 0.0683. The highest BCUT2D eigenvalue weighted by molar-refractivity contribution is 5.74. The summed E-state index contributed by atoms with van der Waals surface area (Å²) in [6, 6.07) is 6.29. The Balaban J connectivity index is 1.43. The average molecular weight is 332 g/mol. The molecule has 132 valence electrons. The molecule has 2 unspecified atom stereocenters. The maximum absolute atomic E-state index is 12.5. The van der Waals surface area contributed by atoms with Gasteiger partial charge in [0.15, 0.2) is 0 Å². The summed E-state index contributed by atoms with van der Waals surface area (Å²) in [4.78, 5) is 21.1. The van der Waals surface area contributed by atoms with Crippen LogP contribution in [0.3, 0.4) is 0 Å². The molecule has 6 heteroatoms. The van der Waals surface area contributed by atoms with E-state index in [-0.39, 0.29) is 24.3 Å². The molecular formula is C18H28N4O2. The fourth-order valence-corrected chi connectivity index (χ4v) is 3.62. The van der Waals surface area contributed by atoms with Gasteiger partial charge in [-0.05, 0) is 38.8 Å². The van der Waals surface area contributed by atoms with Crippen molar-refractivity contribution in [3.8, 4) is 0 Å². The molecule has 0 spiro atoms. The van der Waals surface area contributed by atoms with Crippen molar-refractivity contribution in [3.63, 3.8) is 0 Å². The molecule has 3 heterocycles. The van der Waals surface area contributed by atoms with Gasteiger partial charge >= 0.3 is 6.03 Å². The Morgan fingerprint density at radius 3 is 2.54 bits per heavy atom. The highest BCUT2D eigenvalue weighted by Crippen LogP contribution is 2.19. The number of hydrogen-bond donors (Lipinski definition) is 1. The van der Waals surface area contributed by atoms with E-state index >= 15 is 0 Å². The molecule has 2 aliphatic rings. The fourth-order valence-electron chi connectivity index (χ4n) is 3.62. The first kappa shape index (κ1) is 17.2. The molecule has 1 N–H and O–H groups in total. The fraction of sp³-hybridized carbons (Fsp3) is 0.667. The predicted molar refractivity (Wildman–Crippen MR) is 92.6 cm³/mol. The lowest BCUT2D eigenvalue weighted by molar-refractivity contribution is -0.0408. The van der Waals surface area contributed by atoms with E-state index in [4.69, 9.17) is 4.74 Å². The second kappa shape index (κ2) is 7.94. The number of urea groups is 1. The minimum absolute atomic E-state index is 0.0683. The van der Waals surface area contributed by atoms with E-state index < -0.39 is 0 Å². The van der Waals surface area contributed by atoms with Gasteiger partial charge in [-0.15, -0.1) is 0 Å². The molecule has 0 radical (unpaired) electrons. The SMILES string of the molecule is CC1CC(NC(=O)N2CCN(Cc3ccccn3)CC2)CC(C)O1. The van der Waals surface area contributed by atoms with Crippen molar-refractivity contribution in [1.29, 1.82) is 0 Å². The van der Waals surface area contributed by atoms with Gasteiger partial charge < -0.3 is 15.0 Å². The zero-order chi connectivity index (χ0) is 16.9. The molecule has 24 heavy (non-hydrogen) atoms. The van der Waals surface area contributed by atoms with Crippen molar-refractivity contribution in [1.82, 2.24) is 20.1 Å². The third-order valence-electron chi connectivity index (χ3n) is 4.80. The van der Waals surface area contributed by atoms with E-state index in [0.29, 0.717) is 0 Å². The van der Waals surface area contributed by atoms with Gasteiger partial charge in [-0.25, -0.2) is 4.79 Å². The molecule has 0 aliphatic carbocycles. The van der Waals surface area contributed by atoms with Gasteiger partial charge in [0, 0.05) is 45.0 Å². The molecular weight excluding hydrogens is 304 g/mol. The number of piperazine rings is 1. The van der Waals surface area contributed by atoms with E-state index in [2.05, 4.69) is 29.0 Å². The summed E-state index contributed by atoms with van der Waals surface area (Å²) < 4.78 is 5.74. The molecule has 6 nitrogen and oxygen atoms in total. The average Bonchev–Trinajstić information content (AvgIpc) is 2.55. The van der Waals surface area contributed by atoms with E-state index in [1.165, 1.54) is 0 Å². The van der Waals surface area contributed by atoms with Gasteiger partial charge in [-0.1, -0.05) is 6.07 Å². The first-order valence-corrected chi connectivity index (χ1v) is 8.93. The van der Waals surface area contributed by atoms with Crippen molar-refractivity contribution in [3.05, 3.63) is 30.1 Å². The molecule has 0 aromatic carbocycles. The molecule has 2 amide bonds. The van der Waals surface area contributed by atoms with Gasteiger partial charge in [-0.2, -0.15) is 0 Å². The number of aromatic nitrogens is 1. The third kappa shape index (κ3) is 4.68. The van der Waals surface area contributed by atoms with Crippen molar-refractivity contribution in [2.75, 3.05) is 26.2 Å². The van der Waals surface area contributed by atoms with Crippen molar-refractivity contribution >= 4 is 6.03 Å². The Morgan fingerprint density at radius 1 is 1.21 bits per heavy atom. The number of hydrogen-bond acceptors (Lipinski definition) is 4. The Kier molecular flexibility index (Phi) is 5.68. The van der Waals surface area contributed by atoms with E-state index in [1.54, 1.807) is 0 Å².